The van der Waals surface area contributed by atoms with Crippen LogP contribution in [0.1, 0.15) is 57.3 Å². The van der Waals surface area contributed by atoms with Gasteiger partial charge in [0, 0.05) is 5.56 Å². The number of esters is 2. The van der Waals surface area contributed by atoms with Gasteiger partial charge in [-0.25, -0.2) is 4.79 Å². The number of hydrogen-bond donors (Lipinski definition) is 1. The molecule has 0 aromatic heterocycles. The number of hydrogen-bond acceptors (Lipinski definition) is 6. The summed E-state index contributed by atoms with van der Waals surface area (Å²) in [6.45, 7) is 8.06. The minimum atomic E-state index is -0.691. The zero-order chi connectivity index (χ0) is 22.1. The molecule has 1 saturated carbocycles. The molecule has 2 rings (SSSR count). The second kappa shape index (κ2) is 11.6. The Hall–Kier alpha value is -2.57. The summed E-state index contributed by atoms with van der Waals surface area (Å²) in [5, 5.41) is 2.48. The molecule has 1 amide bonds. The van der Waals surface area contributed by atoms with Crippen LogP contribution in [0.4, 0.5) is 0 Å². The van der Waals surface area contributed by atoms with Gasteiger partial charge < -0.3 is 19.5 Å². The fourth-order valence-corrected chi connectivity index (χ4v) is 3.77. The van der Waals surface area contributed by atoms with Crippen LogP contribution in [-0.4, -0.2) is 43.7 Å². The Morgan fingerprint density at radius 3 is 2.43 bits per heavy atom. The Morgan fingerprint density at radius 2 is 1.80 bits per heavy atom. The molecule has 0 saturated heterocycles. The van der Waals surface area contributed by atoms with E-state index < -0.39 is 24.5 Å². The van der Waals surface area contributed by atoms with Gasteiger partial charge in [-0.05, 0) is 61.8 Å². The lowest BCUT2D eigenvalue weighted by molar-refractivity contribution is -0.166. The molecule has 1 N–H and O–H groups in total. The maximum absolute atomic E-state index is 12.1. The number of benzene rings is 1. The van der Waals surface area contributed by atoms with Crippen molar-refractivity contribution in [2.75, 3.05) is 19.8 Å². The highest BCUT2D eigenvalue weighted by Crippen LogP contribution is 2.35. The molecule has 0 spiro atoms. The van der Waals surface area contributed by atoms with Crippen LogP contribution in [0.5, 0.6) is 5.75 Å². The van der Waals surface area contributed by atoms with E-state index in [1.54, 1.807) is 24.3 Å². The molecule has 1 fully saturated rings. The van der Waals surface area contributed by atoms with Gasteiger partial charge in [0.2, 0.25) is 0 Å². The largest absolute Gasteiger partial charge is 0.494 e. The number of ether oxygens (including phenoxy) is 3. The van der Waals surface area contributed by atoms with Crippen LogP contribution < -0.4 is 10.1 Å². The number of rotatable bonds is 9. The minimum Gasteiger partial charge on any atom is -0.494 e. The highest BCUT2D eigenvalue weighted by atomic mass is 16.6. The lowest BCUT2D eigenvalue weighted by Gasteiger charge is -2.36. The molecule has 7 nitrogen and oxygen atoms in total. The van der Waals surface area contributed by atoms with Gasteiger partial charge in [0.05, 0.1) is 6.61 Å². The molecule has 30 heavy (non-hydrogen) atoms. The third-order valence-electron chi connectivity index (χ3n) is 5.42. The van der Waals surface area contributed by atoms with Crippen molar-refractivity contribution in [1.29, 1.82) is 0 Å². The molecule has 7 heteroatoms. The summed E-state index contributed by atoms with van der Waals surface area (Å²) in [7, 11) is 0. The maximum Gasteiger partial charge on any atom is 0.344 e. The summed E-state index contributed by atoms with van der Waals surface area (Å²) in [6, 6.07) is 6.59. The zero-order valence-corrected chi connectivity index (χ0v) is 18.3. The average molecular weight is 420 g/mol. The summed E-state index contributed by atoms with van der Waals surface area (Å²) >= 11 is 0. The van der Waals surface area contributed by atoms with Crippen molar-refractivity contribution in [2.45, 2.75) is 53.1 Å². The Kier molecular flexibility index (Phi) is 9.15. The fourth-order valence-electron chi connectivity index (χ4n) is 3.77. The Bertz CT molecular complexity index is 715. The third kappa shape index (κ3) is 7.35. The number of amides is 1. The first-order valence-electron chi connectivity index (χ1n) is 10.7. The van der Waals surface area contributed by atoms with Crippen LogP contribution >= 0.6 is 0 Å². The van der Waals surface area contributed by atoms with Crippen molar-refractivity contribution in [1.82, 2.24) is 5.32 Å². The van der Waals surface area contributed by atoms with E-state index in [-0.39, 0.29) is 12.6 Å². The van der Waals surface area contributed by atoms with E-state index in [2.05, 4.69) is 26.1 Å². The van der Waals surface area contributed by atoms with E-state index >= 15 is 0 Å². The second-order valence-electron chi connectivity index (χ2n) is 8.16. The molecular formula is C23H33NO6. The minimum absolute atomic E-state index is 0.140. The lowest BCUT2D eigenvalue weighted by Crippen LogP contribution is -2.37. The topological polar surface area (TPSA) is 90.9 Å². The first-order chi connectivity index (χ1) is 14.3. The summed E-state index contributed by atoms with van der Waals surface area (Å²) in [5.74, 6) is 0.283. The van der Waals surface area contributed by atoms with Gasteiger partial charge in [0.25, 0.3) is 5.91 Å². The van der Waals surface area contributed by atoms with Crippen LogP contribution in [0, 0.1) is 17.8 Å². The molecule has 1 aliphatic rings. The first-order valence-corrected chi connectivity index (χ1v) is 10.7. The van der Waals surface area contributed by atoms with Crippen molar-refractivity contribution in [3.05, 3.63) is 29.8 Å². The Balaban J connectivity index is 1.73. The number of carbonyl (C=O) groups excluding carboxylic acids is 3. The first kappa shape index (κ1) is 23.7. The number of nitrogens with one attached hydrogen (secondary N) is 1. The molecule has 1 aromatic carbocycles. The van der Waals surface area contributed by atoms with Gasteiger partial charge in [0.15, 0.2) is 6.61 Å². The monoisotopic (exact) mass is 419 g/mol. The molecule has 3 atom stereocenters. The highest BCUT2D eigenvalue weighted by molar-refractivity contribution is 5.96. The lowest BCUT2D eigenvalue weighted by atomic mass is 9.75. The van der Waals surface area contributed by atoms with Crippen molar-refractivity contribution >= 4 is 17.8 Å². The van der Waals surface area contributed by atoms with E-state index in [0.29, 0.717) is 35.7 Å². The number of carbonyl (C=O) groups is 3. The third-order valence-corrected chi connectivity index (χ3v) is 5.42. The summed E-state index contributed by atoms with van der Waals surface area (Å²) in [4.78, 5) is 36.1. The van der Waals surface area contributed by atoms with Gasteiger partial charge in [-0.3, -0.25) is 9.59 Å². The van der Waals surface area contributed by atoms with Gasteiger partial charge in [-0.1, -0.05) is 27.2 Å². The van der Waals surface area contributed by atoms with Crippen LogP contribution in [0.25, 0.3) is 0 Å². The van der Waals surface area contributed by atoms with Crippen LogP contribution in [0.15, 0.2) is 24.3 Å². The SMILES string of the molecule is CCOc1ccc(C(=O)NCC(=O)OCC(=O)O[C@@H]2C[C@@H](C)CC[C@H]2C(C)C)cc1. The van der Waals surface area contributed by atoms with Crippen LogP contribution in [0.2, 0.25) is 0 Å². The van der Waals surface area contributed by atoms with E-state index in [1.165, 1.54) is 0 Å². The van der Waals surface area contributed by atoms with E-state index in [0.717, 1.165) is 19.3 Å². The van der Waals surface area contributed by atoms with Crippen molar-refractivity contribution in [3.63, 3.8) is 0 Å². The summed E-state index contributed by atoms with van der Waals surface area (Å²) < 4.78 is 15.9. The molecular weight excluding hydrogens is 386 g/mol. The Morgan fingerprint density at radius 1 is 1.10 bits per heavy atom. The van der Waals surface area contributed by atoms with Crippen LogP contribution in [-0.2, 0) is 19.1 Å². The smallest absolute Gasteiger partial charge is 0.344 e. The quantitative estimate of drug-likeness (QED) is 0.617. The molecule has 0 heterocycles. The fraction of sp³-hybridized carbons (Fsp3) is 0.609. The van der Waals surface area contributed by atoms with Crippen molar-refractivity contribution in [3.8, 4) is 5.75 Å². The molecule has 0 bridgehead atoms. The standard InChI is InChI=1S/C23H33NO6/c1-5-28-18-9-7-17(8-10-18)23(27)24-13-21(25)29-14-22(26)30-20-12-16(4)6-11-19(20)15(2)3/h7-10,15-16,19-20H,5-6,11-14H2,1-4H3,(H,24,27)/t16-,19-,20+/m0/s1. The van der Waals surface area contributed by atoms with Gasteiger partial charge in [-0.2, -0.15) is 0 Å². The normalized spacial score (nSPS) is 21.0. The average Bonchev–Trinajstić information content (AvgIpc) is 2.71. The van der Waals surface area contributed by atoms with Crippen molar-refractivity contribution in [2.24, 2.45) is 17.8 Å². The predicted octanol–water partition coefficient (Wildman–Crippen LogP) is 3.36. The van der Waals surface area contributed by atoms with Crippen LogP contribution in [0.3, 0.4) is 0 Å². The summed E-state index contributed by atoms with van der Waals surface area (Å²) in [5.41, 5.74) is 0.400. The van der Waals surface area contributed by atoms with Crippen molar-refractivity contribution < 1.29 is 28.6 Å². The molecule has 0 aliphatic heterocycles. The van der Waals surface area contributed by atoms with Gasteiger partial charge in [0.1, 0.15) is 18.4 Å². The molecule has 0 unspecified atom stereocenters. The molecule has 166 valence electrons. The predicted molar refractivity (Wildman–Crippen MR) is 112 cm³/mol. The van der Waals surface area contributed by atoms with E-state index in [9.17, 15) is 14.4 Å². The highest BCUT2D eigenvalue weighted by Gasteiger charge is 2.33. The molecule has 1 aliphatic carbocycles. The van der Waals surface area contributed by atoms with Gasteiger partial charge >= 0.3 is 11.9 Å². The Labute approximate surface area is 178 Å². The zero-order valence-electron chi connectivity index (χ0n) is 18.3. The van der Waals surface area contributed by atoms with E-state index in [4.69, 9.17) is 14.2 Å². The second-order valence-corrected chi connectivity index (χ2v) is 8.16. The molecule has 0 radical (unpaired) electrons. The maximum atomic E-state index is 12.1. The van der Waals surface area contributed by atoms with E-state index in [1.807, 2.05) is 6.92 Å². The molecule has 1 aromatic rings. The summed E-state index contributed by atoms with van der Waals surface area (Å²) in [6.07, 6.45) is 2.87. The van der Waals surface area contributed by atoms with Gasteiger partial charge in [-0.15, -0.1) is 0 Å².